The van der Waals surface area contributed by atoms with Gasteiger partial charge in [-0.1, -0.05) is 17.9 Å². The van der Waals surface area contributed by atoms with E-state index in [0.29, 0.717) is 28.8 Å². The van der Waals surface area contributed by atoms with E-state index in [1.54, 1.807) is 22.8 Å². The zero-order valence-electron chi connectivity index (χ0n) is 21.0. The SMILES string of the molecule is [2H]C([2H])([2H])N1C(=O)c2cccc(OC(F)F)c2[C@H]2C[C@@H]1c1nc3ccc(C#CCCC(=O)OC)cc3n12. The molecule has 2 aromatic carbocycles. The number of alkyl halides is 2. The Morgan fingerprint density at radius 1 is 1.32 bits per heavy atom. The highest BCUT2D eigenvalue weighted by molar-refractivity contribution is 5.97. The minimum absolute atomic E-state index is 0.00645. The van der Waals surface area contributed by atoms with E-state index in [9.17, 15) is 18.4 Å². The molecule has 3 aromatic rings. The molecular weight excluding hydrogens is 444 g/mol. The van der Waals surface area contributed by atoms with Crippen LogP contribution in [0.2, 0.25) is 0 Å². The van der Waals surface area contributed by atoms with E-state index in [2.05, 4.69) is 21.6 Å². The number of nitrogens with zero attached hydrogens (tertiary/aromatic N) is 3. The highest BCUT2D eigenvalue weighted by Gasteiger charge is 2.44. The Morgan fingerprint density at radius 2 is 2.18 bits per heavy atom. The number of esters is 1. The van der Waals surface area contributed by atoms with Crippen LogP contribution in [-0.2, 0) is 9.53 Å². The molecule has 0 saturated heterocycles. The number of fused-ring (bicyclic) bond motifs is 9. The lowest BCUT2D eigenvalue weighted by atomic mass is 9.97. The third-order valence-electron chi connectivity index (χ3n) is 6.06. The van der Waals surface area contributed by atoms with E-state index in [1.807, 2.05) is 0 Å². The van der Waals surface area contributed by atoms with Gasteiger partial charge in [0.05, 0.1) is 36.6 Å². The molecule has 0 unspecified atom stereocenters. The normalized spacial score (nSPS) is 19.9. The standard InChI is InChI=1S/C25H21F2N3O4/c1-29-19-13-18(22-15(24(29)32)7-5-8-20(22)34-25(26)27)30-17-12-14(6-3-4-9-21(31)33-2)10-11-16(17)28-23(19)30/h5,7-8,10-12,18-19,25H,4,9,13H2,1-2H3/t18-,19-/m1/s1/i1D3. The van der Waals surface area contributed by atoms with Crippen LogP contribution in [0.25, 0.3) is 11.0 Å². The molecule has 2 atom stereocenters. The van der Waals surface area contributed by atoms with E-state index < -0.39 is 31.6 Å². The topological polar surface area (TPSA) is 73.7 Å². The van der Waals surface area contributed by atoms with Crippen molar-refractivity contribution in [2.45, 2.75) is 38.0 Å². The van der Waals surface area contributed by atoms with Crippen LogP contribution in [0, 0.1) is 11.8 Å². The summed E-state index contributed by atoms with van der Waals surface area (Å²) in [5, 5.41) is 0. The highest BCUT2D eigenvalue weighted by atomic mass is 19.3. The Morgan fingerprint density at radius 3 is 2.94 bits per heavy atom. The molecule has 0 spiro atoms. The fourth-order valence-corrected chi connectivity index (χ4v) is 4.62. The van der Waals surface area contributed by atoms with Gasteiger partial charge in [0.2, 0.25) is 0 Å². The van der Waals surface area contributed by atoms with Crippen molar-refractivity contribution in [2.24, 2.45) is 0 Å². The number of benzene rings is 2. The van der Waals surface area contributed by atoms with Gasteiger partial charge in [-0.25, -0.2) is 4.98 Å². The Labute approximate surface area is 198 Å². The van der Waals surface area contributed by atoms with Gasteiger partial charge in [0.25, 0.3) is 5.91 Å². The number of aromatic nitrogens is 2. The van der Waals surface area contributed by atoms with Gasteiger partial charge >= 0.3 is 12.6 Å². The van der Waals surface area contributed by atoms with Crippen LogP contribution in [0.1, 0.15) is 62.8 Å². The zero-order valence-corrected chi connectivity index (χ0v) is 18.0. The number of imidazole rings is 1. The van der Waals surface area contributed by atoms with Crippen LogP contribution in [0.15, 0.2) is 36.4 Å². The fourth-order valence-electron chi connectivity index (χ4n) is 4.62. The number of hydrogen-bond acceptors (Lipinski definition) is 5. The smallest absolute Gasteiger partial charge is 0.387 e. The predicted molar refractivity (Wildman–Crippen MR) is 119 cm³/mol. The van der Waals surface area contributed by atoms with E-state index in [1.165, 1.54) is 25.3 Å². The van der Waals surface area contributed by atoms with E-state index in [-0.39, 0.29) is 35.7 Å². The summed E-state index contributed by atoms with van der Waals surface area (Å²) in [5.41, 5.74) is 1.96. The second-order valence-corrected chi connectivity index (χ2v) is 7.96. The Balaban J connectivity index is 1.67. The van der Waals surface area contributed by atoms with Gasteiger partial charge in [-0.3, -0.25) is 9.59 Å². The number of methoxy groups -OCH3 is 1. The lowest BCUT2D eigenvalue weighted by Gasteiger charge is -2.24. The number of ether oxygens (including phenoxy) is 2. The Kier molecular flexibility index (Phi) is 4.59. The molecule has 2 aliphatic rings. The molecule has 3 heterocycles. The summed E-state index contributed by atoms with van der Waals surface area (Å²) in [7, 11) is 1.30. The van der Waals surface area contributed by atoms with Crippen molar-refractivity contribution in [3.8, 4) is 17.6 Å². The molecule has 0 saturated carbocycles. The van der Waals surface area contributed by atoms with Gasteiger partial charge in [-0.05, 0) is 30.3 Å². The van der Waals surface area contributed by atoms with Crippen molar-refractivity contribution in [1.29, 1.82) is 0 Å². The highest BCUT2D eigenvalue weighted by Crippen LogP contribution is 2.49. The number of hydrogen-bond donors (Lipinski definition) is 0. The summed E-state index contributed by atoms with van der Waals surface area (Å²) in [4.78, 5) is 30.2. The summed E-state index contributed by atoms with van der Waals surface area (Å²) in [6.07, 6.45) is 0.589. The van der Waals surface area contributed by atoms with Crippen LogP contribution in [0.3, 0.4) is 0 Å². The molecule has 1 aromatic heterocycles. The molecule has 5 rings (SSSR count). The molecule has 9 heteroatoms. The summed E-state index contributed by atoms with van der Waals surface area (Å²) in [5.74, 6) is 4.90. The zero-order chi connectivity index (χ0) is 26.5. The van der Waals surface area contributed by atoms with E-state index >= 15 is 0 Å². The molecule has 0 radical (unpaired) electrons. The minimum atomic E-state index is -3.13. The largest absolute Gasteiger partial charge is 0.469 e. The average Bonchev–Trinajstić information content (AvgIpc) is 3.33. The van der Waals surface area contributed by atoms with Crippen LogP contribution in [0.4, 0.5) is 8.78 Å². The van der Waals surface area contributed by atoms with E-state index in [0.717, 1.165) is 4.90 Å². The molecule has 2 bridgehead atoms. The summed E-state index contributed by atoms with van der Waals surface area (Å²) in [6, 6.07) is 7.81. The van der Waals surface area contributed by atoms with Gasteiger partial charge in [-0.2, -0.15) is 8.78 Å². The van der Waals surface area contributed by atoms with Gasteiger partial charge < -0.3 is 18.9 Å². The first kappa shape index (κ1) is 18.5. The van der Waals surface area contributed by atoms with Crippen LogP contribution < -0.4 is 4.74 Å². The molecule has 34 heavy (non-hydrogen) atoms. The number of halogens is 2. The summed E-state index contributed by atoms with van der Waals surface area (Å²) >= 11 is 0. The van der Waals surface area contributed by atoms with Crippen molar-refractivity contribution >= 4 is 22.9 Å². The van der Waals surface area contributed by atoms with Crippen molar-refractivity contribution in [1.82, 2.24) is 14.5 Å². The monoisotopic (exact) mass is 468 g/mol. The Bertz CT molecular complexity index is 1480. The number of rotatable bonds is 4. The fraction of sp³-hybridized carbons (Fsp3) is 0.320. The first-order valence-corrected chi connectivity index (χ1v) is 10.6. The van der Waals surface area contributed by atoms with Gasteiger partial charge in [0.15, 0.2) is 0 Å². The van der Waals surface area contributed by atoms with E-state index in [4.69, 9.17) is 8.85 Å². The molecule has 0 aliphatic carbocycles. The first-order chi connectivity index (χ1) is 17.6. The predicted octanol–water partition coefficient (Wildman–Crippen LogP) is 4.06. The van der Waals surface area contributed by atoms with Crippen molar-refractivity contribution in [3.63, 3.8) is 0 Å². The second-order valence-electron chi connectivity index (χ2n) is 7.96. The molecule has 0 N–H and O–H groups in total. The average molecular weight is 468 g/mol. The van der Waals surface area contributed by atoms with Gasteiger partial charge in [0.1, 0.15) is 11.6 Å². The molecule has 2 aliphatic heterocycles. The molecule has 0 fully saturated rings. The van der Waals surface area contributed by atoms with Crippen molar-refractivity contribution in [3.05, 3.63) is 58.9 Å². The lowest BCUT2D eigenvalue weighted by molar-refractivity contribution is -0.140. The van der Waals surface area contributed by atoms with Gasteiger partial charge in [0, 0.05) is 40.6 Å². The summed E-state index contributed by atoms with van der Waals surface area (Å²) < 4.78 is 61.9. The minimum Gasteiger partial charge on any atom is -0.469 e. The first-order valence-electron chi connectivity index (χ1n) is 12.1. The van der Waals surface area contributed by atoms with Crippen LogP contribution in [-0.4, -0.2) is 47.0 Å². The molecule has 7 nitrogen and oxygen atoms in total. The Hall–Kier alpha value is -3.93. The number of amides is 1. The molecule has 1 amide bonds. The number of carbonyl (C=O) groups excluding carboxylic acids is 2. The van der Waals surface area contributed by atoms with Crippen LogP contribution in [0.5, 0.6) is 5.75 Å². The third kappa shape index (κ3) is 3.55. The lowest BCUT2D eigenvalue weighted by Crippen LogP contribution is -2.30. The van der Waals surface area contributed by atoms with Crippen molar-refractivity contribution in [2.75, 3.05) is 14.1 Å². The summed E-state index contributed by atoms with van der Waals surface area (Å²) in [6.45, 7) is -5.93. The maximum absolute atomic E-state index is 13.4. The third-order valence-corrected chi connectivity index (χ3v) is 6.06. The van der Waals surface area contributed by atoms with Crippen LogP contribution >= 0.6 is 0 Å². The molecule has 174 valence electrons. The molecular formula is C25H21F2N3O4. The quantitative estimate of drug-likeness (QED) is 0.427. The number of carbonyl (C=O) groups is 2. The maximum Gasteiger partial charge on any atom is 0.387 e. The van der Waals surface area contributed by atoms with Crippen molar-refractivity contribution < 1.29 is 32.0 Å². The maximum atomic E-state index is 13.4. The van der Waals surface area contributed by atoms with Gasteiger partial charge in [-0.15, -0.1) is 0 Å². The second kappa shape index (κ2) is 8.45.